The molecule has 92 valence electrons. The number of nitrogen functional groups attached to an aromatic ring is 1. The predicted molar refractivity (Wildman–Crippen MR) is 66.9 cm³/mol. The molecule has 4 nitrogen and oxygen atoms in total. The Balaban J connectivity index is 2.35. The second-order valence-corrected chi connectivity index (χ2v) is 4.66. The maximum atomic E-state index is 11.3. The van der Waals surface area contributed by atoms with Crippen LogP contribution in [0.5, 0.6) is 0 Å². The Morgan fingerprint density at radius 1 is 1.53 bits per heavy atom. The average molecular weight is 234 g/mol. The van der Waals surface area contributed by atoms with Gasteiger partial charge >= 0.3 is 5.97 Å². The molecule has 2 rings (SSSR count). The number of rotatable bonds is 2. The van der Waals surface area contributed by atoms with E-state index >= 15 is 0 Å². The van der Waals surface area contributed by atoms with E-state index in [1.807, 2.05) is 25.1 Å². The van der Waals surface area contributed by atoms with Gasteiger partial charge in [-0.15, -0.1) is 0 Å². The zero-order valence-electron chi connectivity index (χ0n) is 9.94. The van der Waals surface area contributed by atoms with Crippen LogP contribution in [0.25, 0.3) is 0 Å². The van der Waals surface area contributed by atoms with E-state index in [9.17, 15) is 9.90 Å². The minimum Gasteiger partial charge on any atom is -0.481 e. The Kier molecular flexibility index (Phi) is 3.33. The van der Waals surface area contributed by atoms with Crippen LogP contribution in [0, 0.1) is 12.8 Å². The first-order chi connectivity index (χ1) is 8.09. The van der Waals surface area contributed by atoms with E-state index in [2.05, 4.69) is 5.32 Å². The summed E-state index contributed by atoms with van der Waals surface area (Å²) in [5.41, 5.74) is 8.70. The summed E-state index contributed by atoms with van der Waals surface area (Å²) in [5, 5.41) is 12.4. The summed E-state index contributed by atoms with van der Waals surface area (Å²) < 4.78 is 0. The second kappa shape index (κ2) is 4.75. The van der Waals surface area contributed by atoms with Gasteiger partial charge < -0.3 is 16.2 Å². The molecule has 2 atom stereocenters. The molecule has 0 bridgehead atoms. The fraction of sp³-hybridized carbons (Fsp3) is 0.462. The Hall–Kier alpha value is -1.55. The quantitative estimate of drug-likeness (QED) is 0.675. The minimum atomic E-state index is -0.732. The summed E-state index contributed by atoms with van der Waals surface area (Å²) in [7, 11) is 0. The van der Waals surface area contributed by atoms with Gasteiger partial charge in [0, 0.05) is 12.2 Å². The third-order valence-corrected chi connectivity index (χ3v) is 3.50. The molecule has 0 aliphatic carbocycles. The van der Waals surface area contributed by atoms with Crippen molar-refractivity contribution >= 4 is 11.7 Å². The summed E-state index contributed by atoms with van der Waals surface area (Å²) in [6, 6.07) is 5.74. The molecule has 4 N–H and O–H groups in total. The number of nitrogens with two attached hydrogens (primary N) is 1. The molecule has 0 radical (unpaired) electrons. The van der Waals surface area contributed by atoms with Gasteiger partial charge in [-0.25, -0.2) is 0 Å². The highest BCUT2D eigenvalue weighted by atomic mass is 16.4. The highest BCUT2D eigenvalue weighted by molar-refractivity contribution is 5.72. The Morgan fingerprint density at radius 2 is 2.29 bits per heavy atom. The molecule has 1 aliphatic heterocycles. The van der Waals surface area contributed by atoms with E-state index < -0.39 is 5.97 Å². The van der Waals surface area contributed by atoms with Crippen molar-refractivity contribution in [3.63, 3.8) is 0 Å². The first-order valence-electron chi connectivity index (χ1n) is 5.89. The number of nitrogens with one attached hydrogen (secondary N) is 1. The maximum absolute atomic E-state index is 11.3. The molecule has 0 spiro atoms. The lowest BCUT2D eigenvalue weighted by atomic mass is 9.79. The number of aliphatic carboxylic acids is 1. The molecule has 1 saturated heterocycles. The van der Waals surface area contributed by atoms with E-state index in [0.717, 1.165) is 24.1 Å². The molecule has 2 unspecified atom stereocenters. The minimum absolute atomic E-state index is 0.0669. The number of carboxylic acid groups (broad SMARTS) is 1. The van der Waals surface area contributed by atoms with Gasteiger partial charge in [0.25, 0.3) is 0 Å². The molecule has 1 heterocycles. The topological polar surface area (TPSA) is 75.3 Å². The number of anilines is 1. The number of piperidine rings is 1. The smallest absolute Gasteiger partial charge is 0.308 e. The molecular weight excluding hydrogens is 216 g/mol. The summed E-state index contributed by atoms with van der Waals surface area (Å²) in [6.07, 6.45) is 0.848. The molecule has 4 heteroatoms. The van der Waals surface area contributed by atoms with Gasteiger partial charge in [0.05, 0.1) is 5.92 Å². The third-order valence-electron chi connectivity index (χ3n) is 3.50. The van der Waals surface area contributed by atoms with Crippen LogP contribution in [0.1, 0.15) is 23.5 Å². The van der Waals surface area contributed by atoms with Gasteiger partial charge in [-0.2, -0.15) is 0 Å². The van der Waals surface area contributed by atoms with Crippen LogP contribution in [0.2, 0.25) is 0 Å². The highest BCUT2D eigenvalue weighted by Gasteiger charge is 2.32. The third kappa shape index (κ3) is 2.42. The van der Waals surface area contributed by atoms with Crippen LogP contribution in [0.15, 0.2) is 18.2 Å². The number of carboxylic acids is 1. The monoisotopic (exact) mass is 234 g/mol. The van der Waals surface area contributed by atoms with E-state index in [0.29, 0.717) is 12.2 Å². The number of carbonyl (C=O) groups is 1. The Bertz CT molecular complexity index is 431. The van der Waals surface area contributed by atoms with Gasteiger partial charge in [0.2, 0.25) is 0 Å². The number of hydrogen-bond donors (Lipinski definition) is 3. The van der Waals surface area contributed by atoms with Crippen molar-refractivity contribution in [1.29, 1.82) is 0 Å². The lowest BCUT2D eigenvalue weighted by molar-refractivity contribution is -0.142. The van der Waals surface area contributed by atoms with Gasteiger partial charge in [-0.1, -0.05) is 6.07 Å². The maximum Gasteiger partial charge on any atom is 0.308 e. The van der Waals surface area contributed by atoms with Gasteiger partial charge in [0.1, 0.15) is 0 Å². The zero-order valence-corrected chi connectivity index (χ0v) is 9.94. The van der Waals surface area contributed by atoms with Crippen molar-refractivity contribution in [3.05, 3.63) is 29.3 Å². The molecular formula is C13H18N2O2. The van der Waals surface area contributed by atoms with Crippen LogP contribution in [-0.4, -0.2) is 24.2 Å². The first-order valence-corrected chi connectivity index (χ1v) is 5.89. The Labute approximate surface area is 101 Å². The van der Waals surface area contributed by atoms with E-state index in [4.69, 9.17) is 5.73 Å². The SMILES string of the molecule is Cc1ccc(N)cc1C1CCNCC1C(=O)O. The molecule has 1 aromatic rings. The fourth-order valence-electron chi connectivity index (χ4n) is 2.55. The van der Waals surface area contributed by atoms with Crippen molar-refractivity contribution in [2.24, 2.45) is 5.92 Å². The number of hydrogen-bond acceptors (Lipinski definition) is 3. The molecule has 1 aliphatic rings. The number of benzene rings is 1. The summed E-state index contributed by atoms with van der Waals surface area (Å²) >= 11 is 0. The first kappa shape index (κ1) is 11.9. The van der Waals surface area contributed by atoms with Crippen LogP contribution in [-0.2, 0) is 4.79 Å². The van der Waals surface area contributed by atoms with Crippen LogP contribution >= 0.6 is 0 Å². The summed E-state index contributed by atoms with van der Waals surface area (Å²) in [5.74, 6) is -1.02. The van der Waals surface area contributed by atoms with Gasteiger partial charge in [-0.3, -0.25) is 4.79 Å². The second-order valence-electron chi connectivity index (χ2n) is 4.66. The van der Waals surface area contributed by atoms with Crippen molar-refractivity contribution in [1.82, 2.24) is 5.32 Å². The number of aryl methyl sites for hydroxylation is 1. The Morgan fingerprint density at radius 3 is 3.00 bits per heavy atom. The summed E-state index contributed by atoms with van der Waals surface area (Å²) in [6.45, 7) is 3.41. The van der Waals surface area contributed by atoms with Gasteiger partial charge in [0.15, 0.2) is 0 Å². The van der Waals surface area contributed by atoms with Crippen LogP contribution in [0.4, 0.5) is 5.69 Å². The van der Waals surface area contributed by atoms with E-state index in [1.54, 1.807) is 0 Å². The molecule has 1 fully saturated rings. The van der Waals surface area contributed by atoms with Gasteiger partial charge in [-0.05, 0) is 49.1 Å². The average Bonchev–Trinajstić information content (AvgIpc) is 2.32. The van der Waals surface area contributed by atoms with E-state index in [1.165, 1.54) is 0 Å². The van der Waals surface area contributed by atoms with Crippen molar-refractivity contribution in [2.45, 2.75) is 19.3 Å². The molecule has 0 saturated carbocycles. The summed E-state index contributed by atoms with van der Waals surface area (Å²) in [4.78, 5) is 11.3. The molecule has 17 heavy (non-hydrogen) atoms. The normalized spacial score (nSPS) is 24.5. The largest absolute Gasteiger partial charge is 0.481 e. The van der Waals surface area contributed by atoms with Crippen LogP contribution in [0.3, 0.4) is 0 Å². The fourth-order valence-corrected chi connectivity index (χ4v) is 2.55. The molecule has 1 aromatic carbocycles. The van der Waals surface area contributed by atoms with Crippen molar-refractivity contribution in [3.8, 4) is 0 Å². The zero-order chi connectivity index (χ0) is 12.4. The predicted octanol–water partition coefficient (Wildman–Crippen LogP) is 1.35. The standard InChI is InChI=1S/C13H18N2O2/c1-8-2-3-9(14)6-11(8)10-4-5-15-7-12(10)13(16)17/h2-3,6,10,12,15H,4-5,7,14H2,1H3,(H,16,17). The lowest BCUT2D eigenvalue weighted by Gasteiger charge is -2.30. The highest BCUT2D eigenvalue weighted by Crippen LogP contribution is 2.33. The molecule has 0 amide bonds. The lowest BCUT2D eigenvalue weighted by Crippen LogP contribution is -2.39. The van der Waals surface area contributed by atoms with Crippen LogP contribution < -0.4 is 11.1 Å². The molecule has 0 aromatic heterocycles. The van der Waals surface area contributed by atoms with E-state index in [-0.39, 0.29) is 11.8 Å². The van der Waals surface area contributed by atoms with Crippen molar-refractivity contribution < 1.29 is 9.90 Å². The van der Waals surface area contributed by atoms with Crippen molar-refractivity contribution in [2.75, 3.05) is 18.8 Å².